The van der Waals surface area contributed by atoms with Crippen LogP contribution in [0.2, 0.25) is 0 Å². The van der Waals surface area contributed by atoms with Crippen LogP contribution in [0.5, 0.6) is 5.75 Å². The molecule has 0 saturated carbocycles. The van der Waals surface area contributed by atoms with Gasteiger partial charge >= 0.3 is 5.95 Å². The Bertz CT molecular complexity index is 735. The minimum absolute atomic E-state index is 0.173. The Hall–Kier alpha value is -2.18. The predicted molar refractivity (Wildman–Crippen MR) is 84.9 cm³/mol. The Balaban J connectivity index is 1.94. The number of aromatic nitrogens is 2. The van der Waals surface area contributed by atoms with E-state index < -0.39 is 12.3 Å². The van der Waals surface area contributed by atoms with Crippen molar-refractivity contribution in [3.63, 3.8) is 0 Å². The van der Waals surface area contributed by atoms with Crippen LogP contribution in [0.4, 0.5) is 5.95 Å². The van der Waals surface area contributed by atoms with Gasteiger partial charge in [0, 0.05) is 13.3 Å². The molecule has 0 aliphatic heterocycles. The van der Waals surface area contributed by atoms with Gasteiger partial charge in [-0.1, -0.05) is 17.1 Å². The summed E-state index contributed by atoms with van der Waals surface area (Å²) in [5.41, 5.74) is 1.49. The van der Waals surface area contributed by atoms with Crippen LogP contribution in [0.3, 0.4) is 0 Å². The molecule has 0 fully saturated rings. The van der Waals surface area contributed by atoms with Crippen molar-refractivity contribution in [3.05, 3.63) is 51.8 Å². The molecule has 0 spiro atoms. The Morgan fingerprint density at radius 1 is 1.26 bits per heavy atom. The van der Waals surface area contributed by atoms with Crippen molar-refractivity contribution in [2.45, 2.75) is 13.2 Å². The molecular formula is C14H18N3O5P. The molecule has 0 radical (unpaired) electrons. The molecule has 1 aromatic heterocycles. The van der Waals surface area contributed by atoms with Gasteiger partial charge < -0.3 is 19.4 Å². The highest BCUT2D eigenvalue weighted by Gasteiger charge is 2.17. The number of nitro groups is 1. The van der Waals surface area contributed by atoms with Crippen LogP contribution < -0.4 is 4.74 Å². The average Bonchev–Trinajstić information content (AvgIpc) is 2.84. The number of rotatable bonds is 7. The summed E-state index contributed by atoms with van der Waals surface area (Å²) >= 11 is 0. The molecule has 0 aliphatic carbocycles. The molecule has 0 unspecified atom stereocenters. The van der Waals surface area contributed by atoms with E-state index in [4.69, 9.17) is 9.26 Å². The second kappa shape index (κ2) is 6.93. The van der Waals surface area contributed by atoms with Crippen LogP contribution in [0.25, 0.3) is 0 Å². The normalized spacial score (nSPS) is 11.4. The Kier molecular flexibility index (Phi) is 5.18. The maximum atomic E-state index is 11.5. The summed E-state index contributed by atoms with van der Waals surface area (Å²) in [5, 5.41) is 10.7. The summed E-state index contributed by atoms with van der Waals surface area (Å²) in [6.45, 7) is 3.58. The van der Waals surface area contributed by atoms with Gasteiger partial charge in [-0.2, -0.15) is 0 Å². The van der Waals surface area contributed by atoms with Gasteiger partial charge in [-0.15, -0.1) is 0 Å². The standard InChI is InChI=1S/C14H18N3O5P/c1-16-12(8-15-14(16)17(18)19)10-21-13-6-4-11(5-7-13)9-22-23(2,3)20/h4-8H,9-10H2,1-3H3. The number of ether oxygens (including phenoxy) is 1. The second-order valence-electron chi connectivity index (χ2n) is 5.32. The van der Waals surface area contributed by atoms with Gasteiger partial charge in [-0.05, 0) is 22.6 Å². The van der Waals surface area contributed by atoms with Gasteiger partial charge in [0.15, 0.2) is 13.1 Å². The first-order chi connectivity index (χ1) is 10.8. The van der Waals surface area contributed by atoms with Crippen LogP contribution in [-0.2, 0) is 29.4 Å². The van der Waals surface area contributed by atoms with Crippen molar-refractivity contribution >= 4 is 13.3 Å². The largest absolute Gasteiger partial charge is 0.486 e. The topological polar surface area (TPSA) is 96.5 Å². The van der Waals surface area contributed by atoms with E-state index in [0.717, 1.165) is 5.56 Å². The lowest BCUT2D eigenvalue weighted by molar-refractivity contribution is -0.396. The molecule has 23 heavy (non-hydrogen) atoms. The van der Waals surface area contributed by atoms with E-state index in [9.17, 15) is 14.7 Å². The van der Waals surface area contributed by atoms with E-state index >= 15 is 0 Å². The maximum Gasteiger partial charge on any atom is 0.434 e. The van der Waals surface area contributed by atoms with Crippen LogP contribution in [0, 0.1) is 10.1 Å². The molecular weight excluding hydrogens is 321 g/mol. The highest BCUT2D eigenvalue weighted by Crippen LogP contribution is 2.38. The van der Waals surface area contributed by atoms with Gasteiger partial charge in [0.2, 0.25) is 0 Å². The third-order valence-electron chi connectivity index (χ3n) is 3.08. The SMILES string of the molecule is Cn1c(COc2ccc(COP(C)(C)=O)cc2)cnc1[N+](=O)[O-]. The van der Waals surface area contributed by atoms with Crippen molar-refractivity contribution in [3.8, 4) is 5.75 Å². The molecule has 0 bridgehead atoms. The monoisotopic (exact) mass is 339 g/mol. The molecule has 0 atom stereocenters. The zero-order valence-corrected chi connectivity index (χ0v) is 14.0. The zero-order valence-electron chi connectivity index (χ0n) is 13.1. The summed E-state index contributed by atoms with van der Waals surface area (Å²) in [6, 6.07) is 7.16. The predicted octanol–water partition coefficient (Wildman–Crippen LogP) is 2.96. The molecule has 0 N–H and O–H groups in total. The first-order valence-corrected chi connectivity index (χ1v) is 9.34. The second-order valence-corrected chi connectivity index (χ2v) is 8.09. The fourth-order valence-electron chi connectivity index (χ4n) is 1.81. The highest BCUT2D eigenvalue weighted by molar-refractivity contribution is 7.57. The summed E-state index contributed by atoms with van der Waals surface area (Å²) < 4.78 is 23.7. The summed E-state index contributed by atoms with van der Waals surface area (Å²) in [4.78, 5) is 13.9. The summed E-state index contributed by atoms with van der Waals surface area (Å²) in [5.74, 6) is 0.397. The zero-order chi connectivity index (χ0) is 17.0. The smallest absolute Gasteiger partial charge is 0.434 e. The molecule has 1 aromatic carbocycles. The average molecular weight is 339 g/mol. The first-order valence-electron chi connectivity index (χ1n) is 6.82. The summed E-state index contributed by atoms with van der Waals surface area (Å²) in [7, 11) is -0.936. The van der Waals surface area contributed by atoms with Crippen molar-refractivity contribution in [2.75, 3.05) is 13.3 Å². The van der Waals surface area contributed by atoms with Crippen LogP contribution in [0.15, 0.2) is 30.5 Å². The summed E-state index contributed by atoms with van der Waals surface area (Å²) in [6.07, 6.45) is 1.42. The van der Waals surface area contributed by atoms with Gasteiger partial charge in [0.25, 0.3) is 0 Å². The third-order valence-corrected chi connectivity index (χ3v) is 3.83. The van der Waals surface area contributed by atoms with E-state index in [2.05, 4.69) is 4.98 Å². The van der Waals surface area contributed by atoms with Crippen LogP contribution >= 0.6 is 7.37 Å². The van der Waals surface area contributed by atoms with Gasteiger partial charge in [-0.25, -0.2) is 4.57 Å². The molecule has 0 saturated heterocycles. The van der Waals surface area contributed by atoms with E-state index in [1.54, 1.807) is 32.5 Å². The molecule has 1 heterocycles. The van der Waals surface area contributed by atoms with Crippen LogP contribution in [0.1, 0.15) is 11.3 Å². The first kappa shape index (κ1) is 17.2. The minimum atomic E-state index is -2.50. The number of benzene rings is 1. The van der Waals surface area contributed by atoms with Gasteiger partial charge in [-0.3, -0.25) is 4.57 Å². The molecule has 2 aromatic rings. The lowest BCUT2D eigenvalue weighted by atomic mass is 10.2. The number of nitrogens with zero attached hydrogens (tertiary/aromatic N) is 3. The number of hydrogen-bond donors (Lipinski definition) is 0. The Morgan fingerprint density at radius 3 is 2.43 bits per heavy atom. The lowest BCUT2D eigenvalue weighted by Crippen LogP contribution is -2.05. The van der Waals surface area contributed by atoms with E-state index in [0.29, 0.717) is 11.4 Å². The third kappa shape index (κ3) is 4.91. The van der Waals surface area contributed by atoms with E-state index in [-0.39, 0.29) is 19.2 Å². The molecule has 0 amide bonds. The van der Waals surface area contributed by atoms with Gasteiger partial charge in [0.05, 0.1) is 13.7 Å². The molecule has 8 nitrogen and oxygen atoms in total. The molecule has 9 heteroatoms. The van der Waals surface area contributed by atoms with Crippen molar-refractivity contribution in [1.82, 2.24) is 9.55 Å². The van der Waals surface area contributed by atoms with E-state index in [1.165, 1.54) is 10.8 Å². The fourth-order valence-corrected chi connectivity index (χ4v) is 2.27. The quantitative estimate of drug-likeness (QED) is 0.437. The van der Waals surface area contributed by atoms with E-state index in [1.807, 2.05) is 12.1 Å². The Morgan fingerprint density at radius 2 is 1.91 bits per heavy atom. The van der Waals surface area contributed by atoms with Crippen molar-refractivity contribution in [1.29, 1.82) is 0 Å². The number of imidazole rings is 1. The molecule has 2 rings (SSSR count). The van der Waals surface area contributed by atoms with Crippen molar-refractivity contribution < 1.29 is 18.7 Å². The highest BCUT2D eigenvalue weighted by atomic mass is 31.2. The fraction of sp³-hybridized carbons (Fsp3) is 0.357. The Labute approximate surface area is 133 Å². The molecule has 124 valence electrons. The van der Waals surface area contributed by atoms with Gasteiger partial charge in [0.1, 0.15) is 18.6 Å². The maximum absolute atomic E-state index is 11.5. The van der Waals surface area contributed by atoms with Crippen LogP contribution in [-0.4, -0.2) is 27.8 Å². The lowest BCUT2D eigenvalue weighted by Gasteiger charge is -2.09. The van der Waals surface area contributed by atoms with Crippen molar-refractivity contribution in [2.24, 2.45) is 7.05 Å². The molecule has 0 aliphatic rings. The number of hydrogen-bond acceptors (Lipinski definition) is 6. The minimum Gasteiger partial charge on any atom is -0.486 e.